The quantitative estimate of drug-likeness (QED) is 0.621. The molecule has 1 aliphatic rings. The zero-order chi connectivity index (χ0) is 21.1. The third-order valence-corrected chi connectivity index (χ3v) is 4.49. The van der Waals surface area contributed by atoms with Crippen molar-refractivity contribution in [3.8, 4) is 11.5 Å². The first-order valence-corrected chi connectivity index (χ1v) is 9.15. The van der Waals surface area contributed by atoms with Crippen molar-refractivity contribution in [3.63, 3.8) is 0 Å². The Bertz CT molecular complexity index is 1030. The van der Waals surface area contributed by atoms with Gasteiger partial charge in [0.2, 0.25) is 0 Å². The van der Waals surface area contributed by atoms with E-state index in [0.717, 1.165) is 16.0 Å². The molecule has 0 saturated carbocycles. The number of carbonyl (C=O) groups excluding carboxylic acids is 3. The average Bonchev–Trinajstić information content (AvgIpc) is 2.67. The molecule has 29 heavy (non-hydrogen) atoms. The second-order valence-electron chi connectivity index (χ2n) is 6.59. The van der Waals surface area contributed by atoms with Crippen LogP contribution < -0.4 is 19.7 Å². The molecule has 150 valence electrons. The van der Waals surface area contributed by atoms with Gasteiger partial charge in [-0.3, -0.25) is 14.9 Å². The van der Waals surface area contributed by atoms with Gasteiger partial charge in [-0.05, 0) is 56.2 Å². The fourth-order valence-corrected chi connectivity index (χ4v) is 3.15. The molecule has 0 aliphatic carbocycles. The van der Waals surface area contributed by atoms with Crippen LogP contribution in [0.1, 0.15) is 23.6 Å². The van der Waals surface area contributed by atoms with Crippen molar-refractivity contribution in [2.45, 2.75) is 20.8 Å². The maximum atomic E-state index is 13.0. The van der Waals surface area contributed by atoms with Gasteiger partial charge in [-0.2, -0.15) is 0 Å². The average molecular weight is 394 g/mol. The number of amides is 4. The van der Waals surface area contributed by atoms with E-state index in [1.54, 1.807) is 37.3 Å². The van der Waals surface area contributed by atoms with Gasteiger partial charge in [-0.15, -0.1) is 0 Å². The Hall–Kier alpha value is -3.61. The monoisotopic (exact) mass is 394 g/mol. The van der Waals surface area contributed by atoms with Gasteiger partial charge in [0.1, 0.15) is 5.57 Å². The lowest BCUT2D eigenvalue weighted by molar-refractivity contribution is -0.122. The van der Waals surface area contributed by atoms with E-state index in [9.17, 15) is 14.4 Å². The van der Waals surface area contributed by atoms with Gasteiger partial charge in [0.15, 0.2) is 11.5 Å². The highest BCUT2D eigenvalue weighted by molar-refractivity contribution is 6.39. The van der Waals surface area contributed by atoms with E-state index in [1.807, 2.05) is 19.9 Å². The van der Waals surface area contributed by atoms with Crippen molar-refractivity contribution < 1.29 is 23.9 Å². The molecule has 3 rings (SSSR count). The Morgan fingerprint density at radius 3 is 2.45 bits per heavy atom. The SMILES string of the molecule is CCOc1ccc(/C=C2\C(=O)NC(=O)N(c3ccc(C)cc3C)C2=O)cc1OC. The lowest BCUT2D eigenvalue weighted by atomic mass is 10.0. The molecule has 0 radical (unpaired) electrons. The number of aryl methyl sites for hydroxylation is 2. The topological polar surface area (TPSA) is 84.9 Å². The number of hydrogen-bond acceptors (Lipinski definition) is 5. The Labute approximate surface area is 168 Å². The molecule has 7 heteroatoms. The second kappa shape index (κ2) is 8.18. The first kappa shape index (κ1) is 20.1. The summed E-state index contributed by atoms with van der Waals surface area (Å²) in [5.74, 6) is -0.386. The number of nitrogens with zero attached hydrogens (tertiary/aromatic N) is 1. The number of imide groups is 2. The van der Waals surface area contributed by atoms with Crippen LogP contribution in [0.4, 0.5) is 10.5 Å². The van der Waals surface area contributed by atoms with Crippen LogP contribution in [-0.2, 0) is 9.59 Å². The van der Waals surface area contributed by atoms with Gasteiger partial charge >= 0.3 is 6.03 Å². The molecule has 0 aromatic heterocycles. The molecule has 4 amide bonds. The highest BCUT2D eigenvalue weighted by Crippen LogP contribution is 2.30. The van der Waals surface area contributed by atoms with Crippen LogP contribution >= 0.6 is 0 Å². The van der Waals surface area contributed by atoms with E-state index in [2.05, 4.69) is 5.32 Å². The van der Waals surface area contributed by atoms with Gasteiger partial charge in [0.25, 0.3) is 11.8 Å². The molecule has 1 heterocycles. The Balaban J connectivity index is 2.01. The van der Waals surface area contributed by atoms with Crippen molar-refractivity contribution >= 4 is 29.6 Å². The Morgan fingerprint density at radius 2 is 1.79 bits per heavy atom. The minimum atomic E-state index is -0.770. The summed E-state index contributed by atoms with van der Waals surface area (Å²) in [6, 6.07) is 9.67. The lowest BCUT2D eigenvalue weighted by Crippen LogP contribution is -2.54. The molecule has 1 aliphatic heterocycles. The van der Waals surface area contributed by atoms with Crippen molar-refractivity contribution in [1.82, 2.24) is 5.32 Å². The second-order valence-corrected chi connectivity index (χ2v) is 6.59. The number of benzene rings is 2. The third kappa shape index (κ3) is 3.99. The summed E-state index contributed by atoms with van der Waals surface area (Å²) in [6.07, 6.45) is 1.43. The van der Waals surface area contributed by atoms with Crippen LogP contribution in [0.3, 0.4) is 0 Å². The zero-order valence-electron chi connectivity index (χ0n) is 16.7. The standard InChI is InChI=1S/C22H22N2O5/c1-5-29-18-9-7-15(12-19(18)28-4)11-16-20(25)23-22(27)24(21(16)26)17-8-6-13(2)10-14(17)3/h6-12H,5H2,1-4H3,(H,23,25,27)/b16-11+. The number of carbonyl (C=O) groups is 3. The van der Waals surface area contributed by atoms with E-state index in [-0.39, 0.29) is 5.57 Å². The largest absolute Gasteiger partial charge is 0.493 e. The van der Waals surface area contributed by atoms with E-state index in [4.69, 9.17) is 9.47 Å². The zero-order valence-corrected chi connectivity index (χ0v) is 16.7. The van der Waals surface area contributed by atoms with Crippen molar-refractivity contribution in [2.75, 3.05) is 18.6 Å². The predicted octanol–water partition coefficient (Wildman–Crippen LogP) is 3.38. The van der Waals surface area contributed by atoms with Gasteiger partial charge in [0, 0.05) is 0 Å². The summed E-state index contributed by atoms with van der Waals surface area (Å²) in [6.45, 7) is 6.06. The molecular weight excluding hydrogens is 372 g/mol. The van der Waals surface area contributed by atoms with Gasteiger partial charge in [-0.25, -0.2) is 9.69 Å². The molecule has 0 unspecified atom stereocenters. The Kier molecular flexibility index (Phi) is 5.68. The normalized spacial score (nSPS) is 15.5. The molecule has 0 bridgehead atoms. The maximum Gasteiger partial charge on any atom is 0.335 e. The van der Waals surface area contributed by atoms with Crippen LogP contribution in [0.15, 0.2) is 42.0 Å². The predicted molar refractivity (Wildman–Crippen MR) is 109 cm³/mol. The summed E-state index contributed by atoms with van der Waals surface area (Å²) in [4.78, 5) is 38.7. The fourth-order valence-electron chi connectivity index (χ4n) is 3.15. The number of anilines is 1. The van der Waals surface area contributed by atoms with Gasteiger partial charge in [-0.1, -0.05) is 23.8 Å². The third-order valence-electron chi connectivity index (χ3n) is 4.49. The minimum Gasteiger partial charge on any atom is -0.493 e. The van der Waals surface area contributed by atoms with Crippen molar-refractivity contribution in [3.05, 3.63) is 58.7 Å². The Morgan fingerprint density at radius 1 is 1.03 bits per heavy atom. The molecule has 1 saturated heterocycles. The summed E-state index contributed by atoms with van der Waals surface area (Å²) >= 11 is 0. The fraction of sp³-hybridized carbons (Fsp3) is 0.227. The van der Waals surface area contributed by atoms with Crippen molar-refractivity contribution in [2.24, 2.45) is 0 Å². The molecule has 0 spiro atoms. The summed E-state index contributed by atoms with van der Waals surface area (Å²) in [7, 11) is 1.51. The number of methoxy groups -OCH3 is 1. The van der Waals surface area contributed by atoms with Crippen LogP contribution in [-0.4, -0.2) is 31.6 Å². The molecule has 2 aromatic rings. The van der Waals surface area contributed by atoms with E-state index in [1.165, 1.54) is 13.2 Å². The number of barbiturate groups is 1. The van der Waals surface area contributed by atoms with Gasteiger partial charge < -0.3 is 9.47 Å². The molecule has 1 fully saturated rings. The number of rotatable bonds is 5. The maximum absolute atomic E-state index is 13.0. The molecular formula is C22H22N2O5. The van der Waals surface area contributed by atoms with Gasteiger partial charge in [0.05, 0.1) is 19.4 Å². The first-order valence-electron chi connectivity index (χ1n) is 9.15. The van der Waals surface area contributed by atoms with Crippen LogP contribution in [0.25, 0.3) is 6.08 Å². The lowest BCUT2D eigenvalue weighted by Gasteiger charge is -2.27. The number of nitrogens with one attached hydrogen (secondary N) is 1. The number of urea groups is 1. The minimum absolute atomic E-state index is 0.143. The molecule has 0 atom stereocenters. The highest BCUT2D eigenvalue weighted by Gasteiger charge is 2.37. The highest BCUT2D eigenvalue weighted by atomic mass is 16.5. The summed E-state index contributed by atoms with van der Waals surface area (Å²) in [5, 5.41) is 2.23. The van der Waals surface area contributed by atoms with E-state index < -0.39 is 17.8 Å². The van der Waals surface area contributed by atoms with Crippen LogP contribution in [0.5, 0.6) is 11.5 Å². The molecule has 1 N–H and O–H groups in total. The number of hydrogen-bond donors (Lipinski definition) is 1. The van der Waals surface area contributed by atoms with E-state index >= 15 is 0 Å². The van der Waals surface area contributed by atoms with Crippen molar-refractivity contribution in [1.29, 1.82) is 0 Å². The summed E-state index contributed by atoms with van der Waals surface area (Å²) < 4.78 is 10.8. The smallest absolute Gasteiger partial charge is 0.335 e. The first-order chi connectivity index (χ1) is 13.8. The number of ether oxygens (including phenoxy) is 2. The van der Waals surface area contributed by atoms with Crippen LogP contribution in [0.2, 0.25) is 0 Å². The van der Waals surface area contributed by atoms with Crippen LogP contribution in [0, 0.1) is 13.8 Å². The van der Waals surface area contributed by atoms with E-state index in [0.29, 0.717) is 29.4 Å². The molecule has 2 aromatic carbocycles. The molecule has 7 nitrogen and oxygen atoms in total. The summed E-state index contributed by atoms with van der Waals surface area (Å²) in [5.41, 5.74) is 2.62.